The summed E-state index contributed by atoms with van der Waals surface area (Å²) in [6.07, 6.45) is 3.25. The van der Waals surface area contributed by atoms with Crippen molar-refractivity contribution in [3.8, 4) is 0 Å². The molecule has 108 valence electrons. The standard InChI is InChI=1S/C17H22ClNS/c1-3-11-19-17(15-7-5-6-8-16(15)18)12-14-10-9-13(4-2)20-14/h5-10,17,19H,3-4,11-12H2,1-2H3. The normalized spacial score (nSPS) is 12.6. The van der Waals surface area contributed by atoms with E-state index in [1.54, 1.807) is 0 Å². The molecule has 0 amide bonds. The average molecular weight is 308 g/mol. The summed E-state index contributed by atoms with van der Waals surface area (Å²) in [5, 5.41) is 4.48. The van der Waals surface area contributed by atoms with Gasteiger partial charge in [-0.25, -0.2) is 0 Å². The lowest BCUT2D eigenvalue weighted by atomic mass is 10.0. The van der Waals surface area contributed by atoms with E-state index in [1.165, 1.54) is 15.3 Å². The quantitative estimate of drug-likeness (QED) is 0.737. The van der Waals surface area contributed by atoms with Gasteiger partial charge >= 0.3 is 0 Å². The van der Waals surface area contributed by atoms with Crippen molar-refractivity contribution in [1.29, 1.82) is 0 Å². The van der Waals surface area contributed by atoms with Gasteiger partial charge in [0.1, 0.15) is 0 Å². The molecule has 0 bridgehead atoms. The second-order valence-electron chi connectivity index (χ2n) is 4.95. The molecule has 1 aromatic heterocycles. The number of rotatable bonds is 7. The first-order valence-electron chi connectivity index (χ1n) is 7.30. The molecule has 0 spiro atoms. The summed E-state index contributed by atoms with van der Waals surface area (Å²) in [4.78, 5) is 2.88. The highest BCUT2D eigenvalue weighted by Gasteiger charge is 2.15. The summed E-state index contributed by atoms with van der Waals surface area (Å²) in [5.41, 5.74) is 1.20. The maximum absolute atomic E-state index is 6.36. The van der Waals surface area contributed by atoms with E-state index in [2.05, 4.69) is 43.4 Å². The lowest BCUT2D eigenvalue weighted by Crippen LogP contribution is -2.24. The Kier molecular flexibility index (Phi) is 6.08. The fourth-order valence-corrected chi connectivity index (χ4v) is 3.56. The van der Waals surface area contributed by atoms with Gasteiger partial charge in [-0.15, -0.1) is 11.3 Å². The maximum Gasteiger partial charge on any atom is 0.0453 e. The van der Waals surface area contributed by atoms with E-state index in [1.807, 2.05) is 23.5 Å². The van der Waals surface area contributed by atoms with Crippen LogP contribution in [0, 0.1) is 0 Å². The van der Waals surface area contributed by atoms with Crippen LogP contribution in [0.2, 0.25) is 5.02 Å². The highest BCUT2D eigenvalue weighted by atomic mass is 35.5. The third-order valence-electron chi connectivity index (χ3n) is 3.39. The summed E-state index contributed by atoms with van der Waals surface area (Å²) >= 11 is 8.27. The van der Waals surface area contributed by atoms with Crippen molar-refractivity contribution in [2.45, 2.75) is 39.2 Å². The number of halogens is 1. The Hall–Kier alpha value is -0.830. The number of benzene rings is 1. The molecule has 0 saturated carbocycles. The maximum atomic E-state index is 6.36. The zero-order chi connectivity index (χ0) is 14.4. The van der Waals surface area contributed by atoms with E-state index in [9.17, 15) is 0 Å². The molecule has 2 aromatic rings. The molecule has 0 fully saturated rings. The first-order valence-corrected chi connectivity index (χ1v) is 8.49. The van der Waals surface area contributed by atoms with Crippen LogP contribution in [0.1, 0.15) is 41.6 Å². The molecule has 1 N–H and O–H groups in total. The van der Waals surface area contributed by atoms with E-state index in [0.29, 0.717) is 6.04 Å². The molecule has 0 saturated heterocycles. The fraction of sp³-hybridized carbons (Fsp3) is 0.412. The molecule has 1 unspecified atom stereocenters. The van der Waals surface area contributed by atoms with Gasteiger partial charge in [0, 0.05) is 27.2 Å². The van der Waals surface area contributed by atoms with Crippen LogP contribution < -0.4 is 5.32 Å². The van der Waals surface area contributed by atoms with Crippen molar-refractivity contribution in [1.82, 2.24) is 5.32 Å². The van der Waals surface area contributed by atoms with Crippen molar-refractivity contribution >= 4 is 22.9 Å². The summed E-state index contributed by atoms with van der Waals surface area (Å²) < 4.78 is 0. The first-order chi connectivity index (χ1) is 9.74. The Balaban J connectivity index is 2.17. The van der Waals surface area contributed by atoms with Gasteiger partial charge in [0.25, 0.3) is 0 Å². The van der Waals surface area contributed by atoms with Crippen LogP contribution in [0.4, 0.5) is 0 Å². The second kappa shape index (κ2) is 7.82. The summed E-state index contributed by atoms with van der Waals surface area (Å²) in [6.45, 7) is 5.41. The van der Waals surface area contributed by atoms with Crippen LogP contribution in [-0.4, -0.2) is 6.54 Å². The SMILES string of the molecule is CCCNC(Cc1ccc(CC)s1)c1ccccc1Cl. The van der Waals surface area contributed by atoms with E-state index in [4.69, 9.17) is 11.6 Å². The molecule has 1 heterocycles. The van der Waals surface area contributed by atoms with Crippen molar-refractivity contribution in [2.24, 2.45) is 0 Å². The third-order valence-corrected chi connectivity index (χ3v) is 4.99. The van der Waals surface area contributed by atoms with Gasteiger partial charge in [-0.3, -0.25) is 0 Å². The van der Waals surface area contributed by atoms with Crippen molar-refractivity contribution in [3.63, 3.8) is 0 Å². The Morgan fingerprint density at radius 2 is 1.85 bits per heavy atom. The molecule has 0 aliphatic carbocycles. The van der Waals surface area contributed by atoms with Gasteiger partial charge in [-0.05, 0) is 43.1 Å². The monoisotopic (exact) mass is 307 g/mol. The molecule has 0 aliphatic rings. The minimum Gasteiger partial charge on any atom is -0.310 e. The number of hydrogen-bond donors (Lipinski definition) is 1. The predicted molar refractivity (Wildman–Crippen MR) is 89.9 cm³/mol. The number of hydrogen-bond acceptors (Lipinski definition) is 2. The van der Waals surface area contributed by atoms with E-state index < -0.39 is 0 Å². The molecule has 0 aliphatic heterocycles. The third kappa shape index (κ3) is 4.08. The van der Waals surface area contributed by atoms with Crippen molar-refractivity contribution in [2.75, 3.05) is 6.54 Å². The molecule has 2 rings (SSSR count). The Bertz CT molecular complexity index is 535. The van der Waals surface area contributed by atoms with Gasteiger partial charge in [0.15, 0.2) is 0 Å². The van der Waals surface area contributed by atoms with Crippen LogP contribution in [0.5, 0.6) is 0 Å². The van der Waals surface area contributed by atoms with Crippen LogP contribution >= 0.6 is 22.9 Å². The molecule has 3 heteroatoms. The van der Waals surface area contributed by atoms with Crippen LogP contribution in [-0.2, 0) is 12.8 Å². The molecular formula is C17H22ClNS. The number of aryl methyl sites for hydroxylation is 1. The van der Waals surface area contributed by atoms with E-state index >= 15 is 0 Å². The topological polar surface area (TPSA) is 12.0 Å². The van der Waals surface area contributed by atoms with Gasteiger partial charge in [0.2, 0.25) is 0 Å². The van der Waals surface area contributed by atoms with Crippen molar-refractivity contribution in [3.05, 3.63) is 56.7 Å². The Labute approximate surface area is 131 Å². The lowest BCUT2D eigenvalue weighted by molar-refractivity contribution is 0.532. The van der Waals surface area contributed by atoms with Crippen molar-refractivity contribution < 1.29 is 0 Å². The lowest BCUT2D eigenvalue weighted by Gasteiger charge is -2.19. The summed E-state index contributed by atoms with van der Waals surface area (Å²) in [5.74, 6) is 0. The second-order valence-corrected chi connectivity index (χ2v) is 6.61. The highest BCUT2D eigenvalue weighted by molar-refractivity contribution is 7.11. The molecule has 0 radical (unpaired) electrons. The summed E-state index contributed by atoms with van der Waals surface area (Å²) in [7, 11) is 0. The smallest absolute Gasteiger partial charge is 0.0453 e. The average Bonchev–Trinajstić information content (AvgIpc) is 2.92. The number of nitrogens with one attached hydrogen (secondary N) is 1. The minimum absolute atomic E-state index is 0.298. The molecule has 1 atom stereocenters. The van der Waals surface area contributed by atoms with Crippen LogP contribution in [0.3, 0.4) is 0 Å². The zero-order valence-electron chi connectivity index (χ0n) is 12.2. The molecule has 1 aromatic carbocycles. The van der Waals surface area contributed by atoms with Crippen LogP contribution in [0.25, 0.3) is 0 Å². The minimum atomic E-state index is 0.298. The first kappa shape index (κ1) is 15.6. The predicted octanol–water partition coefficient (Wildman–Crippen LogP) is 5.25. The highest BCUT2D eigenvalue weighted by Crippen LogP contribution is 2.28. The van der Waals surface area contributed by atoms with E-state index in [0.717, 1.165) is 30.8 Å². The van der Waals surface area contributed by atoms with Gasteiger partial charge in [-0.2, -0.15) is 0 Å². The summed E-state index contributed by atoms with van der Waals surface area (Å²) in [6, 6.07) is 12.9. The Morgan fingerprint density at radius 1 is 1.10 bits per heavy atom. The van der Waals surface area contributed by atoms with Gasteiger partial charge < -0.3 is 5.32 Å². The van der Waals surface area contributed by atoms with Crippen LogP contribution in [0.15, 0.2) is 36.4 Å². The number of thiophene rings is 1. The van der Waals surface area contributed by atoms with E-state index in [-0.39, 0.29) is 0 Å². The molecule has 20 heavy (non-hydrogen) atoms. The molecular weight excluding hydrogens is 286 g/mol. The Morgan fingerprint density at radius 3 is 2.50 bits per heavy atom. The zero-order valence-corrected chi connectivity index (χ0v) is 13.7. The fourth-order valence-electron chi connectivity index (χ4n) is 2.29. The largest absolute Gasteiger partial charge is 0.310 e. The molecule has 1 nitrogen and oxygen atoms in total. The van der Waals surface area contributed by atoms with Gasteiger partial charge in [0.05, 0.1) is 0 Å². The van der Waals surface area contributed by atoms with Gasteiger partial charge in [-0.1, -0.05) is 43.6 Å².